The second kappa shape index (κ2) is 5.77. The highest BCUT2D eigenvalue weighted by molar-refractivity contribution is 6.33. The number of rotatable bonds is 2. The zero-order valence-corrected chi connectivity index (χ0v) is 12.7. The minimum Gasteiger partial charge on any atom is -0.324 e. The van der Waals surface area contributed by atoms with Crippen molar-refractivity contribution in [1.29, 1.82) is 0 Å². The summed E-state index contributed by atoms with van der Waals surface area (Å²) in [6.07, 6.45) is 3.07. The van der Waals surface area contributed by atoms with Crippen LogP contribution in [0, 0.1) is 5.92 Å². The van der Waals surface area contributed by atoms with Gasteiger partial charge in [0, 0.05) is 16.1 Å². The maximum Gasteiger partial charge on any atom is 0.0439 e. The third-order valence-electron chi connectivity index (χ3n) is 4.20. The van der Waals surface area contributed by atoms with Gasteiger partial charge in [0.1, 0.15) is 0 Å². The van der Waals surface area contributed by atoms with E-state index in [1.165, 1.54) is 11.1 Å². The molecule has 2 atom stereocenters. The molecule has 0 aliphatic heterocycles. The molecule has 2 N–H and O–H groups in total. The molecule has 2 aromatic rings. The van der Waals surface area contributed by atoms with Crippen molar-refractivity contribution < 1.29 is 0 Å². The number of hydrogen-bond acceptors (Lipinski definition) is 1. The van der Waals surface area contributed by atoms with Gasteiger partial charge in [-0.2, -0.15) is 0 Å². The van der Waals surface area contributed by atoms with Gasteiger partial charge in [-0.25, -0.2) is 0 Å². The normalized spacial score (nSPS) is 21.6. The average molecular weight is 306 g/mol. The molecule has 2 unspecified atom stereocenters. The molecule has 0 aromatic heterocycles. The molecule has 20 heavy (non-hydrogen) atoms. The van der Waals surface area contributed by atoms with Gasteiger partial charge in [0.2, 0.25) is 0 Å². The van der Waals surface area contributed by atoms with E-state index in [1.54, 1.807) is 0 Å². The van der Waals surface area contributed by atoms with Crippen LogP contribution in [0.5, 0.6) is 0 Å². The number of halogens is 2. The molecule has 1 aliphatic rings. The molecule has 0 fully saturated rings. The highest BCUT2D eigenvalue weighted by Gasteiger charge is 2.26. The molecular weight excluding hydrogens is 289 g/mol. The van der Waals surface area contributed by atoms with Gasteiger partial charge >= 0.3 is 0 Å². The summed E-state index contributed by atoms with van der Waals surface area (Å²) in [6, 6.07) is 14.2. The van der Waals surface area contributed by atoms with E-state index in [2.05, 4.69) is 24.3 Å². The maximum absolute atomic E-state index is 6.45. The van der Waals surface area contributed by atoms with Gasteiger partial charge in [0.25, 0.3) is 0 Å². The van der Waals surface area contributed by atoms with Crippen LogP contribution in [0.4, 0.5) is 0 Å². The minimum atomic E-state index is 0.0787. The van der Waals surface area contributed by atoms with Gasteiger partial charge in [-0.1, -0.05) is 47.5 Å². The van der Waals surface area contributed by atoms with Crippen molar-refractivity contribution in [3.63, 3.8) is 0 Å². The lowest BCUT2D eigenvalue weighted by Crippen LogP contribution is -2.28. The number of aryl methyl sites for hydroxylation is 1. The van der Waals surface area contributed by atoms with E-state index in [1.807, 2.05) is 18.2 Å². The fourth-order valence-electron chi connectivity index (χ4n) is 3.07. The molecule has 3 rings (SSSR count). The Bertz CT molecular complexity index is 624. The molecular formula is C17H17Cl2N. The molecule has 0 heterocycles. The summed E-state index contributed by atoms with van der Waals surface area (Å²) in [5, 5.41) is 1.51. The fraction of sp³-hybridized carbons (Fsp3) is 0.294. The van der Waals surface area contributed by atoms with Gasteiger partial charge in [-0.05, 0) is 60.1 Å². The van der Waals surface area contributed by atoms with Gasteiger partial charge in [-0.15, -0.1) is 0 Å². The quantitative estimate of drug-likeness (QED) is 0.847. The first-order chi connectivity index (χ1) is 9.65. The van der Waals surface area contributed by atoms with Gasteiger partial charge in [0.15, 0.2) is 0 Å². The first-order valence-corrected chi connectivity index (χ1v) is 7.68. The number of nitrogens with two attached hydrogens (primary N) is 1. The Morgan fingerprint density at radius 1 is 1.10 bits per heavy atom. The third kappa shape index (κ3) is 2.71. The molecule has 2 aromatic carbocycles. The summed E-state index contributed by atoms with van der Waals surface area (Å²) in [6.45, 7) is 0. The highest BCUT2D eigenvalue weighted by Crippen LogP contribution is 2.36. The van der Waals surface area contributed by atoms with E-state index in [9.17, 15) is 0 Å². The van der Waals surface area contributed by atoms with E-state index in [-0.39, 0.29) is 6.04 Å². The van der Waals surface area contributed by atoms with Crippen LogP contribution in [-0.2, 0) is 12.8 Å². The first-order valence-electron chi connectivity index (χ1n) is 6.92. The van der Waals surface area contributed by atoms with E-state index in [0.29, 0.717) is 5.92 Å². The molecule has 0 saturated heterocycles. The van der Waals surface area contributed by atoms with Crippen LogP contribution >= 0.6 is 23.2 Å². The van der Waals surface area contributed by atoms with Gasteiger partial charge in [0.05, 0.1) is 0 Å². The zero-order valence-electron chi connectivity index (χ0n) is 11.2. The lowest BCUT2D eigenvalue weighted by molar-refractivity contribution is 0.376. The second-order valence-electron chi connectivity index (χ2n) is 5.46. The summed E-state index contributed by atoms with van der Waals surface area (Å²) in [7, 11) is 0. The molecule has 3 heteroatoms. The highest BCUT2D eigenvalue weighted by atomic mass is 35.5. The van der Waals surface area contributed by atoms with Crippen molar-refractivity contribution in [1.82, 2.24) is 0 Å². The van der Waals surface area contributed by atoms with Crippen LogP contribution in [0.3, 0.4) is 0 Å². The van der Waals surface area contributed by atoms with Gasteiger partial charge in [-0.3, -0.25) is 0 Å². The van der Waals surface area contributed by atoms with E-state index in [0.717, 1.165) is 34.9 Å². The molecule has 0 radical (unpaired) electrons. The van der Waals surface area contributed by atoms with Crippen molar-refractivity contribution in [3.8, 4) is 0 Å². The smallest absolute Gasteiger partial charge is 0.0439 e. The lowest BCUT2D eigenvalue weighted by atomic mass is 9.77. The molecule has 1 nitrogen and oxygen atoms in total. The predicted molar refractivity (Wildman–Crippen MR) is 85.3 cm³/mol. The van der Waals surface area contributed by atoms with Crippen molar-refractivity contribution in [2.24, 2.45) is 11.7 Å². The monoisotopic (exact) mass is 305 g/mol. The zero-order chi connectivity index (χ0) is 14.1. The molecule has 0 saturated carbocycles. The van der Waals surface area contributed by atoms with Crippen LogP contribution in [-0.4, -0.2) is 0 Å². The van der Waals surface area contributed by atoms with Crippen molar-refractivity contribution >= 4 is 23.2 Å². The van der Waals surface area contributed by atoms with Crippen LogP contribution in [0.15, 0.2) is 42.5 Å². The Morgan fingerprint density at radius 3 is 2.75 bits per heavy atom. The van der Waals surface area contributed by atoms with Gasteiger partial charge < -0.3 is 5.73 Å². The minimum absolute atomic E-state index is 0.0787. The number of hydrogen-bond donors (Lipinski definition) is 1. The van der Waals surface area contributed by atoms with Crippen molar-refractivity contribution in [2.75, 3.05) is 0 Å². The van der Waals surface area contributed by atoms with Crippen LogP contribution < -0.4 is 5.73 Å². The Hall–Kier alpha value is -1.02. The van der Waals surface area contributed by atoms with E-state index < -0.39 is 0 Å². The molecule has 104 valence electrons. The Kier molecular flexibility index (Phi) is 4.02. The summed E-state index contributed by atoms with van der Waals surface area (Å²) in [4.78, 5) is 0. The third-order valence-corrected chi connectivity index (χ3v) is 4.80. The summed E-state index contributed by atoms with van der Waals surface area (Å²) >= 11 is 12.3. The first kappa shape index (κ1) is 13.9. The maximum atomic E-state index is 6.45. The summed E-state index contributed by atoms with van der Waals surface area (Å²) in [5.74, 6) is 0.417. The molecule has 0 amide bonds. The van der Waals surface area contributed by atoms with Crippen molar-refractivity contribution in [2.45, 2.75) is 25.3 Å². The Balaban J connectivity index is 1.84. The predicted octanol–water partition coefficient (Wildman–Crippen LogP) is 4.80. The molecule has 1 aliphatic carbocycles. The van der Waals surface area contributed by atoms with Crippen LogP contribution in [0.25, 0.3) is 0 Å². The SMILES string of the molecule is NC1c2ccccc2CCC1Cc1cc(Cl)ccc1Cl. The largest absolute Gasteiger partial charge is 0.324 e. The second-order valence-corrected chi connectivity index (χ2v) is 6.31. The summed E-state index contributed by atoms with van der Waals surface area (Å²) < 4.78 is 0. The topological polar surface area (TPSA) is 26.0 Å². The number of fused-ring (bicyclic) bond motifs is 1. The van der Waals surface area contributed by atoms with E-state index >= 15 is 0 Å². The number of benzene rings is 2. The molecule has 0 spiro atoms. The van der Waals surface area contributed by atoms with Crippen LogP contribution in [0.2, 0.25) is 10.0 Å². The Morgan fingerprint density at radius 2 is 1.90 bits per heavy atom. The lowest BCUT2D eigenvalue weighted by Gasteiger charge is -2.31. The average Bonchev–Trinajstić information content (AvgIpc) is 2.46. The van der Waals surface area contributed by atoms with Crippen LogP contribution in [0.1, 0.15) is 29.2 Å². The van der Waals surface area contributed by atoms with Crippen molar-refractivity contribution in [3.05, 3.63) is 69.2 Å². The fourth-order valence-corrected chi connectivity index (χ4v) is 3.46. The van der Waals surface area contributed by atoms with E-state index in [4.69, 9.17) is 28.9 Å². The Labute approximate surface area is 129 Å². The standard InChI is InChI=1S/C17H17Cl2N/c18-14-7-8-16(19)13(10-14)9-12-6-5-11-3-1-2-4-15(11)17(12)20/h1-4,7-8,10,12,17H,5-6,9,20H2. The molecule has 0 bridgehead atoms. The summed E-state index contributed by atoms with van der Waals surface area (Å²) in [5.41, 5.74) is 10.2.